The summed E-state index contributed by atoms with van der Waals surface area (Å²) in [6, 6.07) is 6.14. The van der Waals surface area contributed by atoms with Gasteiger partial charge in [-0.1, -0.05) is 12.1 Å². The third-order valence-corrected chi connectivity index (χ3v) is 3.33. The van der Waals surface area contributed by atoms with Crippen LogP contribution in [0.1, 0.15) is 22.5 Å². The number of halogens is 1. The Kier molecular flexibility index (Phi) is 4.55. The summed E-state index contributed by atoms with van der Waals surface area (Å²) in [5, 5.41) is 12.7. The first-order chi connectivity index (χ1) is 10.4. The SMILES string of the molecule is Cc1c(C(=O)N(C)CCC(=O)O)cnn1-c1ccccc1F. The molecule has 7 heteroatoms. The van der Waals surface area contributed by atoms with Crippen LogP contribution >= 0.6 is 0 Å². The van der Waals surface area contributed by atoms with Gasteiger partial charge in [0.15, 0.2) is 0 Å². The van der Waals surface area contributed by atoms with Crippen LogP contribution in [0.15, 0.2) is 30.5 Å². The molecule has 0 saturated carbocycles. The zero-order valence-electron chi connectivity index (χ0n) is 12.3. The van der Waals surface area contributed by atoms with Crippen molar-refractivity contribution in [2.24, 2.45) is 0 Å². The number of carboxylic acids is 1. The summed E-state index contributed by atoms with van der Waals surface area (Å²) >= 11 is 0. The van der Waals surface area contributed by atoms with E-state index >= 15 is 0 Å². The number of carboxylic acid groups (broad SMARTS) is 1. The van der Waals surface area contributed by atoms with Gasteiger partial charge in [-0.2, -0.15) is 5.10 Å². The predicted octanol–water partition coefficient (Wildman–Crippen LogP) is 1.87. The largest absolute Gasteiger partial charge is 0.481 e. The van der Waals surface area contributed by atoms with Crippen LogP contribution < -0.4 is 0 Å². The summed E-state index contributed by atoms with van der Waals surface area (Å²) in [5.41, 5.74) is 1.07. The molecule has 1 amide bonds. The fourth-order valence-corrected chi connectivity index (χ4v) is 2.06. The Labute approximate surface area is 126 Å². The molecule has 1 N–H and O–H groups in total. The van der Waals surface area contributed by atoms with Gasteiger partial charge in [-0.3, -0.25) is 9.59 Å². The molecule has 0 aliphatic rings. The third-order valence-electron chi connectivity index (χ3n) is 3.33. The van der Waals surface area contributed by atoms with Crippen molar-refractivity contribution in [2.75, 3.05) is 13.6 Å². The molecule has 0 atom stereocenters. The first kappa shape index (κ1) is 15.7. The molecule has 1 aromatic heterocycles. The number of nitrogens with zero attached hydrogens (tertiary/aromatic N) is 3. The average molecular weight is 305 g/mol. The molecule has 2 aromatic rings. The molecule has 0 bridgehead atoms. The van der Waals surface area contributed by atoms with E-state index in [1.54, 1.807) is 25.1 Å². The first-order valence-electron chi connectivity index (χ1n) is 6.68. The van der Waals surface area contributed by atoms with E-state index in [-0.39, 0.29) is 24.6 Å². The highest BCUT2D eigenvalue weighted by atomic mass is 19.1. The highest BCUT2D eigenvalue weighted by Gasteiger charge is 2.20. The minimum atomic E-state index is -0.974. The van der Waals surface area contributed by atoms with Crippen molar-refractivity contribution < 1.29 is 19.1 Å². The molecule has 0 spiro atoms. The standard InChI is InChI=1S/C15H16FN3O3/c1-10-11(15(22)18(2)8-7-14(20)21)9-17-19(10)13-6-4-3-5-12(13)16/h3-6,9H,7-8H2,1-2H3,(H,20,21). The van der Waals surface area contributed by atoms with E-state index < -0.39 is 11.8 Å². The number of para-hydroxylation sites is 1. The van der Waals surface area contributed by atoms with E-state index in [2.05, 4.69) is 5.10 Å². The third kappa shape index (κ3) is 3.13. The maximum atomic E-state index is 13.8. The maximum Gasteiger partial charge on any atom is 0.305 e. The number of benzene rings is 1. The quantitative estimate of drug-likeness (QED) is 0.915. The molecule has 0 unspecified atom stereocenters. The number of hydrogen-bond donors (Lipinski definition) is 1. The Hall–Kier alpha value is -2.70. The number of hydrogen-bond acceptors (Lipinski definition) is 3. The van der Waals surface area contributed by atoms with Gasteiger partial charge in [0.1, 0.15) is 11.5 Å². The summed E-state index contributed by atoms with van der Waals surface area (Å²) < 4.78 is 15.2. The van der Waals surface area contributed by atoms with Crippen molar-refractivity contribution in [3.63, 3.8) is 0 Å². The van der Waals surface area contributed by atoms with Gasteiger partial charge >= 0.3 is 5.97 Å². The molecule has 22 heavy (non-hydrogen) atoms. The van der Waals surface area contributed by atoms with Crippen LogP contribution in [0.5, 0.6) is 0 Å². The highest BCUT2D eigenvalue weighted by Crippen LogP contribution is 2.18. The topological polar surface area (TPSA) is 75.4 Å². The summed E-state index contributed by atoms with van der Waals surface area (Å²) in [6.07, 6.45) is 1.23. The molecule has 0 aliphatic heterocycles. The molecule has 116 valence electrons. The molecule has 6 nitrogen and oxygen atoms in total. The number of amides is 1. The van der Waals surface area contributed by atoms with E-state index in [0.717, 1.165) is 0 Å². The lowest BCUT2D eigenvalue weighted by Gasteiger charge is -2.15. The number of aliphatic carboxylic acids is 1. The van der Waals surface area contributed by atoms with E-state index in [4.69, 9.17) is 5.11 Å². The van der Waals surface area contributed by atoms with Gasteiger partial charge in [0.25, 0.3) is 5.91 Å². The molecule has 0 radical (unpaired) electrons. The number of carbonyl (C=O) groups is 2. The zero-order chi connectivity index (χ0) is 16.3. The van der Waals surface area contributed by atoms with Crippen molar-refractivity contribution in [3.8, 4) is 5.69 Å². The van der Waals surface area contributed by atoms with Gasteiger partial charge in [-0.05, 0) is 19.1 Å². The first-order valence-corrected chi connectivity index (χ1v) is 6.68. The highest BCUT2D eigenvalue weighted by molar-refractivity contribution is 5.95. The second-order valence-corrected chi connectivity index (χ2v) is 4.88. The minimum Gasteiger partial charge on any atom is -0.481 e. The van der Waals surface area contributed by atoms with Crippen molar-refractivity contribution in [1.82, 2.24) is 14.7 Å². The van der Waals surface area contributed by atoms with Gasteiger partial charge in [-0.15, -0.1) is 0 Å². The Morgan fingerprint density at radius 2 is 2.05 bits per heavy atom. The Morgan fingerprint density at radius 1 is 1.36 bits per heavy atom. The van der Waals surface area contributed by atoms with Crippen LogP contribution in [0, 0.1) is 12.7 Å². The molecular formula is C15H16FN3O3. The molecule has 0 saturated heterocycles. The van der Waals surface area contributed by atoms with Crippen molar-refractivity contribution >= 4 is 11.9 Å². The lowest BCUT2D eigenvalue weighted by molar-refractivity contribution is -0.137. The van der Waals surface area contributed by atoms with Crippen LogP contribution in [0.2, 0.25) is 0 Å². The van der Waals surface area contributed by atoms with Gasteiger partial charge in [0, 0.05) is 13.6 Å². The lowest BCUT2D eigenvalue weighted by atomic mass is 10.2. The van der Waals surface area contributed by atoms with Crippen LogP contribution in [-0.4, -0.2) is 45.3 Å². The fourth-order valence-electron chi connectivity index (χ4n) is 2.06. The van der Waals surface area contributed by atoms with Crippen LogP contribution in [0.4, 0.5) is 4.39 Å². The second-order valence-electron chi connectivity index (χ2n) is 4.88. The fraction of sp³-hybridized carbons (Fsp3) is 0.267. The van der Waals surface area contributed by atoms with Crippen molar-refractivity contribution in [2.45, 2.75) is 13.3 Å². The summed E-state index contributed by atoms with van der Waals surface area (Å²) in [6.45, 7) is 1.76. The van der Waals surface area contributed by atoms with Crippen LogP contribution in [-0.2, 0) is 4.79 Å². The van der Waals surface area contributed by atoms with Gasteiger partial charge in [-0.25, -0.2) is 9.07 Å². The summed E-state index contributed by atoms with van der Waals surface area (Å²) in [4.78, 5) is 24.2. The molecule has 0 fully saturated rings. The Bertz CT molecular complexity index is 712. The van der Waals surface area contributed by atoms with Gasteiger partial charge in [0.2, 0.25) is 0 Å². The summed E-state index contributed by atoms with van der Waals surface area (Å²) in [5.74, 6) is -1.76. The molecule has 1 aromatic carbocycles. The number of carbonyl (C=O) groups excluding carboxylic acids is 1. The van der Waals surface area contributed by atoms with Crippen molar-refractivity contribution in [1.29, 1.82) is 0 Å². The second kappa shape index (κ2) is 6.38. The molecular weight excluding hydrogens is 289 g/mol. The predicted molar refractivity (Wildman–Crippen MR) is 77.5 cm³/mol. The van der Waals surface area contributed by atoms with E-state index in [9.17, 15) is 14.0 Å². The van der Waals surface area contributed by atoms with Crippen LogP contribution in [0.25, 0.3) is 5.69 Å². The Balaban J connectivity index is 2.26. The van der Waals surface area contributed by atoms with Gasteiger partial charge < -0.3 is 10.0 Å². The zero-order valence-corrected chi connectivity index (χ0v) is 12.3. The normalized spacial score (nSPS) is 10.5. The summed E-state index contributed by atoms with van der Waals surface area (Å²) in [7, 11) is 1.52. The maximum absolute atomic E-state index is 13.8. The van der Waals surface area contributed by atoms with Gasteiger partial charge in [0.05, 0.1) is 23.9 Å². The minimum absolute atomic E-state index is 0.0957. The molecule has 2 rings (SSSR count). The van der Waals surface area contributed by atoms with Crippen LogP contribution in [0.3, 0.4) is 0 Å². The molecule has 1 heterocycles. The average Bonchev–Trinajstić information content (AvgIpc) is 2.86. The monoisotopic (exact) mass is 305 g/mol. The van der Waals surface area contributed by atoms with Crippen molar-refractivity contribution in [3.05, 3.63) is 47.5 Å². The van der Waals surface area contributed by atoms with E-state index in [1.165, 1.54) is 28.9 Å². The van der Waals surface area contributed by atoms with E-state index in [1.807, 2.05) is 0 Å². The van der Waals surface area contributed by atoms with E-state index in [0.29, 0.717) is 11.3 Å². The lowest BCUT2D eigenvalue weighted by Crippen LogP contribution is -2.29. The number of aromatic nitrogens is 2. The number of rotatable bonds is 5. The molecule has 0 aliphatic carbocycles. The smallest absolute Gasteiger partial charge is 0.305 e. The Morgan fingerprint density at radius 3 is 2.68 bits per heavy atom.